The number of anilines is 1. The number of carbonyl (C=O) groups excluding carboxylic acids is 1. The first-order chi connectivity index (χ1) is 12.6. The van der Waals surface area contributed by atoms with Crippen LogP contribution < -0.4 is 10.7 Å². The second-order valence-corrected chi connectivity index (χ2v) is 6.01. The first kappa shape index (κ1) is 16.0. The van der Waals surface area contributed by atoms with Gasteiger partial charge in [0.2, 0.25) is 5.91 Å². The third kappa shape index (κ3) is 2.84. The number of aromatic nitrogens is 1. The monoisotopic (exact) mass is 346 g/mol. The lowest BCUT2D eigenvalue weighted by Crippen LogP contribution is -2.21. The SMILES string of the molecule is O=C(Cn1c2ccccc2c(=O)c2cc(F)ccc21)Nc1ccccc1. The van der Waals surface area contributed by atoms with Gasteiger partial charge in [-0.2, -0.15) is 0 Å². The molecule has 0 radical (unpaired) electrons. The predicted molar refractivity (Wildman–Crippen MR) is 101 cm³/mol. The molecular weight excluding hydrogens is 331 g/mol. The van der Waals surface area contributed by atoms with Gasteiger partial charge in [0, 0.05) is 16.5 Å². The van der Waals surface area contributed by atoms with Crippen molar-refractivity contribution in [1.29, 1.82) is 0 Å². The molecule has 0 saturated carbocycles. The average Bonchev–Trinajstić information content (AvgIpc) is 2.66. The van der Waals surface area contributed by atoms with Gasteiger partial charge in [0.05, 0.1) is 11.0 Å². The molecule has 4 aromatic rings. The van der Waals surface area contributed by atoms with E-state index in [1.807, 2.05) is 24.3 Å². The van der Waals surface area contributed by atoms with Crippen molar-refractivity contribution >= 4 is 33.4 Å². The third-order valence-corrected chi connectivity index (χ3v) is 4.29. The van der Waals surface area contributed by atoms with E-state index < -0.39 is 5.82 Å². The Hall–Kier alpha value is -3.47. The van der Waals surface area contributed by atoms with Crippen LogP contribution in [0.2, 0.25) is 0 Å². The number of nitrogens with zero attached hydrogens (tertiary/aromatic N) is 1. The Labute approximate surface area is 148 Å². The second kappa shape index (κ2) is 6.44. The highest BCUT2D eigenvalue weighted by Gasteiger charge is 2.13. The number of benzene rings is 3. The number of halogens is 1. The Bertz CT molecular complexity index is 1180. The summed E-state index contributed by atoms with van der Waals surface area (Å²) >= 11 is 0. The molecule has 0 bridgehead atoms. The van der Waals surface area contributed by atoms with E-state index in [1.54, 1.807) is 34.9 Å². The van der Waals surface area contributed by atoms with Gasteiger partial charge in [0.15, 0.2) is 5.43 Å². The van der Waals surface area contributed by atoms with E-state index in [2.05, 4.69) is 5.32 Å². The van der Waals surface area contributed by atoms with E-state index in [4.69, 9.17) is 0 Å². The fourth-order valence-corrected chi connectivity index (χ4v) is 3.14. The van der Waals surface area contributed by atoms with Crippen LogP contribution in [0.15, 0.2) is 77.6 Å². The van der Waals surface area contributed by atoms with Gasteiger partial charge in [-0.05, 0) is 42.5 Å². The maximum absolute atomic E-state index is 13.7. The molecule has 0 aliphatic heterocycles. The highest BCUT2D eigenvalue weighted by atomic mass is 19.1. The lowest BCUT2D eigenvalue weighted by Gasteiger charge is -2.15. The number of rotatable bonds is 3. The van der Waals surface area contributed by atoms with Gasteiger partial charge < -0.3 is 9.88 Å². The normalized spacial score (nSPS) is 11.0. The molecule has 0 atom stereocenters. The number of hydrogen-bond acceptors (Lipinski definition) is 2. The molecular formula is C21H15FN2O2. The molecule has 1 amide bonds. The van der Waals surface area contributed by atoms with E-state index in [0.29, 0.717) is 22.1 Å². The lowest BCUT2D eigenvalue weighted by molar-refractivity contribution is -0.116. The summed E-state index contributed by atoms with van der Waals surface area (Å²) in [6, 6.07) is 20.2. The third-order valence-electron chi connectivity index (χ3n) is 4.29. The molecule has 0 spiro atoms. The Kier molecular flexibility index (Phi) is 3.97. The first-order valence-electron chi connectivity index (χ1n) is 8.19. The molecule has 0 aliphatic rings. The van der Waals surface area contributed by atoms with Crippen LogP contribution in [-0.4, -0.2) is 10.5 Å². The molecule has 0 aliphatic carbocycles. The van der Waals surface area contributed by atoms with Crippen molar-refractivity contribution in [3.05, 3.63) is 88.8 Å². The van der Waals surface area contributed by atoms with Gasteiger partial charge in [0.25, 0.3) is 0 Å². The van der Waals surface area contributed by atoms with Crippen molar-refractivity contribution in [1.82, 2.24) is 4.57 Å². The van der Waals surface area contributed by atoms with Gasteiger partial charge in [0.1, 0.15) is 12.4 Å². The molecule has 26 heavy (non-hydrogen) atoms. The van der Waals surface area contributed by atoms with Crippen molar-refractivity contribution in [3.63, 3.8) is 0 Å². The zero-order chi connectivity index (χ0) is 18.1. The van der Waals surface area contributed by atoms with Gasteiger partial charge in [-0.3, -0.25) is 9.59 Å². The van der Waals surface area contributed by atoms with E-state index >= 15 is 0 Å². The Morgan fingerprint density at radius 2 is 1.58 bits per heavy atom. The van der Waals surface area contributed by atoms with Crippen LogP contribution in [0, 0.1) is 5.82 Å². The summed E-state index contributed by atoms with van der Waals surface area (Å²) in [4.78, 5) is 25.2. The Morgan fingerprint density at radius 1 is 0.885 bits per heavy atom. The molecule has 0 fully saturated rings. The maximum Gasteiger partial charge on any atom is 0.244 e. The minimum atomic E-state index is -0.481. The zero-order valence-corrected chi connectivity index (χ0v) is 13.8. The number of fused-ring (bicyclic) bond motifs is 2. The molecule has 128 valence electrons. The summed E-state index contributed by atoms with van der Waals surface area (Å²) in [6.45, 7) is 0.0117. The van der Waals surface area contributed by atoms with Crippen LogP contribution in [0.4, 0.5) is 10.1 Å². The Morgan fingerprint density at radius 3 is 2.38 bits per heavy atom. The molecule has 1 aromatic heterocycles. The minimum Gasteiger partial charge on any atom is -0.331 e. The second-order valence-electron chi connectivity index (χ2n) is 6.01. The summed E-state index contributed by atoms with van der Waals surface area (Å²) < 4.78 is 15.4. The largest absolute Gasteiger partial charge is 0.331 e. The number of amides is 1. The summed E-state index contributed by atoms with van der Waals surface area (Å²) in [5.74, 6) is -0.708. The summed E-state index contributed by atoms with van der Waals surface area (Å²) in [5, 5.41) is 3.55. The molecule has 5 heteroatoms. The minimum absolute atomic E-state index is 0.0117. The molecule has 0 saturated heterocycles. The van der Waals surface area contributed by atoms with E-state index in [-0.39, 0.29) is 23.3 Å². The van der Waals surface area contributed by atoms with Crippen LogP contribution >= 0.6 is 0 Å². The van der Waals surface area contributed by atoms with Crippen LogP contribution in [-0.2, 0) is 11.3 Å². The van der Waals surface area contributed by atoms with E-state index in [1.165, 1.54) is 18.2 Å². The first-order valence-corrected chi connectivity index (χ1v) is 8.19. The van der Waals surface area contributed by atoms with E-state index in [9.17, 15) is 14.0 Å². The van der Waals surface area contributed by atoms with Crippen molar-refractivity contribution in [2.75, 3.05) is 5.32 Å². The van der Waals surface area contributed by atoms with Crippen LogP contribution in [0.3, 0.4) is 0 Å². The number of para-hydroxylation sites is 2. The molecule has 4 rings (SSSR count). The topological polar surface area (TPSA) is 51.1 Å². The number of hydrogen-bond donors (Lipinski definition) is 1. The smallest absolute Gasteiger partial charge is 0.244 e. The quantitative estimate of drug-likeness (QED) is 0.572. The molecule has 4 nitrogen and oxygen atoms in total. The van der Waals surface area contributed by atoms with Crippen LogP contribution in [0.25, 0.3) is 21.8 Å². The zero-order valence-electron chi connectivity index (χ0n) is 13.8. The number of nitrogens with one attached hydrogen (secondary N) is 1. The van der Waals surface area contributed by atoms with E-state index in [0.717, 1.165) is 0 Å². The summed E-state index contributed by atoms with van der Waals surface area (Å²) in [6.07, 6.45) is 0. The summed E-state index contributed by atoms with van der Waals surface area (Å²) in [7, 11) is 0. The van der Waals surface area contributed by atoms with Crippen LogP contribution in [0.5, 0.6) is 0 Å². The average molecular weight is 346 g/mol. The maximum atomic E-state index is 13.7. The predicted octanol–water partition coefficient (Wildman–Crippen LogP) is 3.93. The molecule has 3 aromatic carbocycles. The lowest BCUT2D eigenvalue weighted by atomic mass is 10.1. The molecule has 1 N–H and O–H groups in total. The van der Waals surface area contributed by atoms with Crippen molar-refractivity contribution in [2.24, 2.45) is 0 Å². The number of carbonyl (C=O) groups is 1. The van der Waals surface area contributed by atoms with Gasteiger partial charge in [-0.25, -0.2) is 4.39 Å². The summed E-state index contributed by atoms with van der Waals surface area (Å²) in [5.41, 5.74) is 1.62. The van der Waals surface area contributed by atoms with Gasteiger partial charge >= 0.3 is 0 Å². The van der Waals surface area contributed by atoms with Gasteiger partial charge in [-0.15, -0.1) is 0 Å². The Balaban J connectivity index is 1.86. The molecule has 1 heterocycles. The number of pyridine rings is 1. The van der Waals surface area contributed by atoms with Gasteiger partial charge in [-0.1, -0.05) is 30.3 Å². The van der Waals surface area contributed by atoms with Crippen molar-refractivity contribution in [3.8, 4) is 0 Å². The van der Waals surface area contributed by atoms with Crippen LogP contribution in [0.1, 0.15) is 0 Å². The fourth-order valence-electron chi connectivity index (χ4n) is 3.14. The highest BCUT2D eigenvalue weighted by molar-refractivity contribution is 5.97. The standard InChI is InChI=1S/C21H15FN2O2/c22-14-10-11-19-17(12-14)21(26)16-8-4-5-9-18(16)24(19)13-20(25)23-15-6-2-1-3-7-15/h1-12H,13H2,(H,23,25). The van der Waals surface area contributed by atoms with Crippen molar-refractivity contribution < 1.29 is 9.18 Å². The highest BCUT2D eigenvalue weighted by Crippen LogP contribution is 2.20. The van der Waals surface area contributed by atoms with Crippen molar-refractivity contribution in [2.45, 2.75) is 6.54 Å². The fraction of sp³-hybridized carbons (Fsp3) is 0.0476. The molecule has 0 unspecified atom stereocenters.